The Morgan fingerprint density at radius 2 is 1.21 bits per heavy atom. The zero-order chi connectivity index (χ0) is 19.2. The molecule has 0 atom stereocenters. The average molecular weight is 371 g/mol. The van der Waals surface area contributed by atoms with Gasteiger partial charge in [0, 0.05) is 17.0 Å². The quantitative estimate of drug-likeness (QED) is 0.322. The summed E-state index contributed by atoms with van der Waals surface area (Å²) in [6.07, 6.45) is 2.16. The van der Waals surface area contributed by atoms with E-state index in [1.807, 2.05) is 0 Å². The van der Waals surface area contributed by atoms with E-state index in [1.165, 1.54) is 38.8 Å². The number of fused-ring (bicyclic) bond motifs is 5. The van der Waals surface area contributed by atoms with Crippen LogP contribution in [0.2, 0.25) is 0 Å². The van der Waals surface area contributed by atoms with E-state index in [0.717, 1.165) is 5.65 Å². The lowest BCUT2D eigenvalue weighted by Gasteiger charge is -2.12. The SMILES string of the molecule is c1ccc(-c2c(-c3ccccc3)[n+]3ccccc3n3c2cc2ccccc23)cc1. The van der Waals surface area contributed by atoms with Gasteiger partial charge in [0.05, 0.1) is 11.8 Å². The first-order chi connectivity index (χ1) is 14.4. The molecule has 136 valence electrons. The van der Waals surface area contributed by atoms with E-state index in [2.05, 4.69) is 124 Å². The first-order valence-electron chi connectivity index (χ1n) is 9.89. The topological polar surface area (TPSA) is 8.51 Å². The minimum atomic E-state index is 1.15. The molecule has 0 unspecified atom stereocenters. The van der Waals surface area contributed by atoms with Crippen molar-refractivity contribution in [3.05, 3.63) is 115 Å². The minimum absolute atomic E-state index is 1.15. The third kappa shape index (κ3) is 2.39. The number of para-hydroxylation sites is 1. The Labute approximate surface area is 168 Å². The number of rotatable bonds is 2. The minimum Gasteiger partial charge on any atom is -0.198 e. The van der Waals surface area contributed by atoms with Crippen molar-refractivity contribution in [2.45, 2.75) is 0 Å². The van der Waals surface area contributed by atoms with Crippen LogP contribution in [0, 0.1) is 0 Å². The summed E-state index contributed by atoms with van der Waals surface area (Å²) in [5, 5.41) is 1.25. The molecule has 3 aromatic carbocycles. The standard InChI is InChI=1S/C27H19N2/c1-3-11-20(12-4-1)26-24-19-22-15-7-8-16-23(22)29(24)25-17-9-10-18-28(25)27(26)21-13-5-2-6-14-21/h1-19H/q+1. The van der Waals surface area contributed by atoms with E-state index in [0.29, 0.717) is 0 Å². The molecule has 6 aromatic rings. The number of nitrogens with zero attached hydrogens (tertiary/aromatic N) is 2. The van der Waals surface area contributed by atoms with Crippen molar-refractivity contribution in [1.82, 2.24) is 4.40 Å². The molecule has 29 heavy (non-hydrogen) atoms. The zero-order valence-corrected chi connectivity index (χ0v) is 15.9. The molecule has 3 aromatic heterocycles. The molecule has 3 heterocycles. The Hall–Kier alpha value is -3.91. The molecule has 2 heteroatoms. The maximum Gasteiger partial charge on any atom is 0.292 e. The molecular formula is C27H19N2+. The zero-order valence-electron chi connectivity index (χ0n) is 15.9. The van der Waals surface area contributed by atoms with Gasteiger partial charge in [-0.1, -0.05) is 84.9 Å². The molecule has 0 saturated heterocycles. The Morgan fingerprint density at radius 1 is 0.552 bits per heavy atom. The van der Waals surface area contributed by atoms with Gasteiger partial charge in [0.1, 0.15) is 11.0 Å². The second-order valence-electron chi connectivity index (χ2n) is 7.31. The molecular weight excluding hydrogens is 352 g/mol. The van der Waals surface area contributed by atoms with Crippen LogP contribution >= 0.6 is 0 Å². The fourth-order valence-corrected chi connectivity index (χ4v) is 4.40. The molecule has 0 fully saturated rings. The van der Waals surface area contributed by atoms with Crippen LogP contribution in [0.3, 0.4) is 0 Å². The maximum atomic E-state index is 2.38. The Kier molecular flexibility index (Phi) is 3.50. The van der Waals surface area contributed by atoms with Crippen molar-refractivity contribution in [1.29, 1.82) is 0 Å². The second-order valence-corrected chi connectivity index (χ2v) is 7.31. The van der Waals surface area contributed by atoms with E-state index in [9.17, 15) is 0 Å². The second kappa shape index (κ2) is 6.32. The van der Waals surface area contributed by atoms with Gasteiger partial charge >= 0.3 is 0 Å². The van der Waals surface area contributed by atoms with Crippen LogP contribution in [0.4, 0.5) is 0 Å². The lowest BCUT2D eigenvalue weighted by Crippen LogP contribution is -2.28. The third-order valence-electron chi connectivity index (χ3n) is 5.62. The molecule has 0 aliphatic carbocycles. The lowest BCUT2D eigenvalue weighted by molar-refractivity contribution is -0.501. The summed E-state index contributed by atoms with van der Waals surface area (Å²) < 4.78 is 4.70. The summed E-state index contributed by atoms with van der Waals surface area (Å²) in [5.41, 5.74) is 8.49. The number of aromatic nitrogens is 2. The molecule has 6 rings (SSSR count). The molecule has 0 saturated carbocycles. The summed E-state index contributed by atoms with van der Waals surface area (Å²) in [4.78, 5) is 0. The molecule has 0 aliphatic heterocycles. The predicted molar refractivity (Wildman–Crippen MR) is 119 cm³/mol. The van der Waals surface area contributed by atoms with E-state index in [4.69, 9.17) is 0 Å². The average Bonchev–Trinajstić information content (AvgIpc) is 3.19. The highest BCUT2D eigenvalue weighted by Gasteiger charge is 2.25. The summed E-state index contributed by atoms with van der Waals surface area (Å²) in [6, 6.07) is 38.7. The van der Waals surface area contributed by atoms with Crippen LogP contribution < -0.4 is 4.40 Å². The van der Waals surface area contributed by atoms with E-state index < -0.39 is 0 Å². The Morgan fingerprint density at radius 3 is 2.00 bits per heavy atom. The lowest BCUT2D eigenvalue weighted by atomic mass is 9.98. The van der Waals surface area contributed by atoms with Crippen molar-refractivity contribution >= 4 is 22.1 Å². The van der Waals surface area contributed by atoms with Crippen LogP contribution in [0.15, 0.2) is 115 Å². The van der Waals surface area contributed by atoms with Crippen molar-refractivity contribution < 1.29 is 4.40 Å². The monoisotopic (exact) mass is 371 g/mol. The Balaban J connectivity index is 1.93. The van der Waals surface area contributed by atoms with E-state index >= 15 is 0 Å². The summed E-state index contributed by atoms with van der Waals surface area (Å²) >= 11 is 0. The first-order valence-corrected chi connectivity index (χ1v) is 9.89. The van der Waals surface area contributed by atoms with Gasteiger partial charge in [-0.05, 0) is 23.8 Å². The van der Waals surface area contributed by atoms with Crippen molar-refractivity contribution in [3.63, 3.8) is 0 Å². The van der Waals surface area contributed by atoms with Crippen molar-refractivity contribution in [2.24, 2.45) is 0 Å². The molecule has 0 spiro atoms. The van der Waals surface area contributed by atoms with Crippen molar-refractivity contribution in [3.8, 4) is 22.4 Å². The highest BCUT2D eigenvalue weighted by molar-refractivity contribution is 5.99. The molecule has 0 N–H and O–H groups in total. The third-order valence-corrected chi connectivity index (χ3v) is 5.62. The van der Waals surface area contributed by atoms with Gasteiger partial charge in [0.2, 0.25) is 0 Å². The fourth-order valence-electron chi connectivity index (χ4n) is 4.40. The molecule has 0 bridgehead atoms. The summed E-state index contributed by atoms with van der Waals surface area (Å²) in [5.74, 6) is 0. The van der Waals surface area contributed by atoms with Gasteiger partial charge in [-0.2, -0.15) is 8.80 Å². The van der Waals surface area contributed by atoms with Gasteiger partial charge in [-0.3, -0.25) is 0 Å². The molecule has 0 aliphatic rings. The van der Waals surface area contributed by atoms with Gasteiger partial charge in [0.25, 0.3) is 5.65 Å². The fraction of sp³-hybridized carbons (Fsp3) is 0. The summed E-state index contributed by atoms with van der Waals surface area (Å²) in [7, 11) is 0. The predicted octanol–water partition coefficient (Wildman–Crippen LogP) is 6.17. The van der Waals surface area contributed by atoms with Gasteiger partial charge < -0.3 is 0 Å². The van der Waals surface area contributed by atoms with Gasteiger partial charge in [-0.15, -0.1) is 0 Å². The van der Waals surface area contributed by atoms with Gasteiger partial charge in [-0.25, -0.2) is 0 Å². The van der Waals surface area contributed by atoms with E-state index in [-0.39, 0.29) is 0 Å². The largest absolute Gasteiger partial charge is 0.292 e. The normalized spacial score (nSPS) is 11.4. The highest BCUT2D eigenvalue weighted by Crippen LogP contribution is 2.36. The number of hydrogen-bond acceptors (Lipinski definition) is 0. The van der Waals surface area contributed by atoms with Crippen LogP contribution in [-0.4, -0.2) is 4.40 Å². The number of hydrogen-bond donors (Lipinski definition) is 0. The molecule has 0 amide bonds. The summed E-state index contributed by atoms with van der Waals surface area (Å²) in [6.45, 7) is 0. The molecule has 0 radical (unpaired) electrons. The number of pyridine rings is 1. The Bertz CT molecular complexity index is 1480. The van der Waals surface area contributed by atoms with Crippen LogP contribution in [0.1, 0.15) is 0 Å². The van der Waals surface area contributed by atoms with Crippen molar-refractivity contribution in [2.75, 3.05) is 0 Å². The number of benzene rings is 3. The van der Waals surface area contributed by atoms with Crippen LogP contribution in [0.25, 0.3) is 44.5 Å². The smallest absolute Gasteiger partial charge is 0.198 e. The van der Waals surface area contributed by atoms with Crippen LogP contribution in [0.5, 0.6) is 0 Å². The molecule has 2 nitrogen and oxygen atoms in total. The van der Waals surface area contributed by atoms with E-state index in [1.54, 1.807) is 0 Å². The first kappa shape index (κ1) is 16.1. The highest BCUT2D eigenvalue weighted by atomic mass is 15.1. The van der Waals surface area contributed by atoms with Gasteiger partial charge in [0.15, 0.2) is 5.69 Å². The van der Waals surface area contributed by atoms with Crippen LogP contribution in [-0.2, 0) is 0 Å². The maximum absolute atomic E-state index is 2.38.